The monoisotopic (exact) mass is 318 g/mol. The molecule has 1 saturated heterocycles. The van der Waals surface area contributed by atoms with Crippen molar-refractivity contribution in [1.29, 1.82) is 0 Å². The number of hydrogen-bond donors (Lipinski definition) is 1. The molecule has 0 bridgehead atoms. The molecule has 1 N–H and O–H groups in total. The summed E-state index contributed by atoms with van der Waals surface area (Å²) in [6, 6.07) is 9.66. The molecule has 0 atom stereocenters. The Labute approximate surface area is 138 Å². The van der Waals surface area contributed by atoms with Crippen molar-refractivity contribution in [2.45, 2.75) is 39.2 Å². The topological polar surface area (TPSA) is 58.6 Å². The Bertz CT molecular complexity index is 508. The fraction of sp³-hybridized carbons (Fsp3) is 0.556. The lowest BCUT2D eigenvalue weighted by molar-refractivity contribution is -0.136. The lowest BCUT2D eigenvalue weighted by Gasteiger charge is -2.31. The first-order valence-corrected chi connectivity index (χ1v) is 8.32. The van der Waals surface area contributed by atoms with Crippen molar-refractivity contribution in [3.63, 3.8) is 0 Å². The number of likely N-dealkylation sites (tertiary alicyclic amines) is 1. The SMILES string of the molecule is CC(C)NC(=O)C1CCN(C(=O)CCOc2ccccc2)CC1. The number of carbonyl (C=O) groups is 2. The fourth-order valence-corrected chi connectivity index (χ4v) is 2.72. The Morgan fingerprint density at radius 1 is 1.22 bits per heavy atom. The molecule has 1 aliphatic rings. The predicted octanol–water partition coefficient (Wildman–Crippen LogP) is 2.22. The molecule has 0 aromatic heterocycles. The Balaban J connectivity index is 1.68. The van der Waals surface area contributed by atoms with Gasteiger partial charge in [0.1, 0.15) is 5.75 Å². The lowest BCUT2D eigenvalue weighted by atomic mass is 9.95. The van der Waals surface area contributed by atoms with Gasteiger partial charge in [0, 0.05) is 25.0 Å². The molecule has 5 nitrogen and oxygen atoms in total. The van der Waals surface area contributed by atoms with E-state index in [4.69, 9.17) is 4.74 Å². The molecular weight excluding hydrogens is 292 g/mol. The normalized spacial score (nSPS) is 15.5. The molecule has 2 amide bonds. The Morgan fingerprint density at radius 3 is 2.48 bits per heavy atom. The van der Waals surface area contributed by atoms with Gasteiger partial charge in [-0.25, -0.2) is 0 Å². The minimum atomic E-state index is 0.0296. The smallest absolute Gasteiger partial charge is 0.225 e. The molecule has 1 aromatic rings. The summed E-state index contributed by atoms with van der Waals surface area (Å²) in [5, 5.41) is 2.95. The third kappa shape index (κ3) is 5.58. The van der Waals surface area contributed by atoms with E-state index in [-0.39, 0.29) is 23.8 Å². The quantitative estimate of drug-likeness (QED) is 0.875. The van der Waals surface area contributed by atoms with Crippen molar-refractivity contribution in [2.75, 3.05) is 19.7 Å². The van der Waals surface area contributed by atoms with E-state index in [2.05, 4.69) is 5.32 Å². The van der Waals surface area contributed by atoms with Crippen LogP contribution in [0.25, 0.3) is 0 Å². The maximum atomic E-state index is 12.2. The van der Waals surface area contributed by atoms with Crippen LogP contribution in [-0.4, -0.2) is 42.5 Å². The molecule has 126 valence electrons. The second-order valence-electron chi connectivity index (χ2n) is 6.23. The zero-order valence-corrected chi connectivity index (χ0v) is 14.0. The number of hydrogen-bond acceptors (Lipinski definition) is 3. The van der Waals surface area contributed by atoms with Crippen LogP contribution in [0.1, 0.15) is 33.1 Å². The molecule has 0 radical (unpaired) electrons. The maximum absolute atomic E-state index is 12.2. The van der Waals surface area contributed by atoms with Crippen molar-refractivity contribution in [3.05, 3.63) is 30.3 Å². The number of nitrogens with zero attached hydrogens (tertiary/aromatic N) is 1. The average Bonchev–Trinajstić information content (AvgIpc) is 2.55. The van der Waals surface area contributed by atoms with Crippen LogP contribution in [0.3, 0.4) is 0 Å². The molecule has 23 heavy (non-hydrogen) atoms. The minimum absolute atomic E-state index is 0.0296. The van der Waals surface area contributed by atoms with Crippen molar-refractivity contribution < 1.29 is 14.3 Å². The van der Waals surface area contributed by atoms with Crippen LogP contribution in [0, 0.1) is 5.92 Å². The molecule has 1 fully saturated rings. The van der Waals surface area contributed by atoms with Gasteiger partial charge in [-0.3, -0.25) is 9.59 Å². The van der Waals surface area contributed by atoms with E-state index in [0.717, 1.165) is 18.6 Å². The van der Waals surface area contributed by atoms with E-state index < -0.39 is 0 Å². The van der Waals surface area contributed by atoms with Crippen molar-refractivity contribution in [3.8, 4) is 5.75 Å². The third-order valence-corrected chi connectivity index (χ3v) is 3.98. The van der Waals surface area contributed by atoms with E-state index >= 15 is 0 Å². The van der Waals surface area contributed by atoms with Crippen LogP contribution in [0.15, 0.2) is 30.3 Å². The second kappa shape index (κ2) is 8.56. The molecule has 2 rings (SSSR count). The van der Waals surface area contributed by atoms with Gasteiger partial charge in [0.25, 0.3) is 0 Å². The standard InChI is InChI=1S/C18H26N2O3/c1-14(2)19-18(22)15-8-11-20(12-9-15)17(21)10-13-23-16-6-4-3-5-7-16/h3-7,14-15H,8-13H2,1-2H3,(H,19,22). The van der Waals surface area contributed by atoms with Crippen LogP contribution in [0.2, 0.25) is 0 Å². The maximum Gasteiger partial charge on any atom is 0.225 e. The van der Waals surface area contributed by atoms with Crippen LogP contribution < -0.4 is 10.1 Å². The van der Waals surface area contributed by atoms with Gasteiger partial charge in [-0.05, 0) is 38.8 Å². The fourth-order valence-electron chi connectivity index (χ4n) is 2.72. The molecule has 5 heteroatoms. The second-order valence-corrected chi connectivity index (χ2v) is 6.23. The number of piperidine rings is 1. The van der Waals surface area contributed by atoms with E-state index in [1.165, 1.54) is 0 Å². The Morgan fingerprint density at radius 2 is 1.87 bits per heavy atom. The summed E-state index contributed by atoms with van der Waals surface area (Å²) in [7, 11) is 0. The Kier molecular flexibility index (Phi) is 6.44. The van der Waals surface area contributed by atoms with Crippen LogP contribution in [0.4, 0.5) is 0 Å². The molecule has 0 aliphatic carbocycles. The van der Waals surface area contributed by atoms with Gasteiger partial charge in [-0.1, -0.05) is 18.2 Å². The first-order valence-electron chi connectivity index (χ1n) is 8.32. The average molecular weight is 318 g/mol. The first-order chi connectivity index (χ1) is 11.1. The molecule has 1 aromatic carbocycles. The van der Waals surface area contributed by atoms with Gasteiger partial charge in [0.15, 0.2) is 0 Å². The number of para-hydroxylation sites is 1. The molecule has 1 aliphatic heterocycles. The number of carbonyl (C=O) groups excluding carboxylic acids is 2. The summed E-state index contributed by atoms with van der Waals surface area (Å²) in [5.41, 5.74) is 0. The summed E-state index contributed by atoms with van der Waals surface area (Å²) < 4.78 is 5.56. The summed E-state index contributed by atoms with van der Waals surface area (Å²) in [6.07, 6.45) is 1.85. The van der Waals surface area contributed by atoms with Crippen molar-refractivity contribution in [1.82, 2.24) is 10.2 Å². The summed E-state index contributed by atoms with van der Waals surface area (Å²) in [5.74, 6) is 1.02. The van der Waals surface area contributed by atoms with Gasteiger partial charge < -0.3 is 15.0 Å². The predicted molar refractivity (Wildman–Crippen MR) is 89.1 cm³/mol. The highest BCUT2D eigenvalue weighted by molar-refractivity contribution is 5.80. The van der Waals surface area contributed by atoms with E-state index in [1.807, 2.05) is 49.1 Å². The highest BCUT2D eigenvalue weighted by atomic mass is 16.5. The van der Waals surface area contributed by atoms with Crippen molar-refractivity contribution in [2.24, 2.45) is 5.92 Å². The molecule has 0 saturated carbocycles. The molecule has 0 spiro atoms. The van der Waals surface area contributed by atoms with Crippen molar-refractivity contribution >= 4 is 11.8 Å². The van der Waals surface area contributed by atoms with Gasteiger partial charge >= 0.3 is 0 Å². The van der Waals surface area contributed by atoms with Crippen LogP contribution in [0.5, 0.6) is 5.75 Å². The van der Waals surface area contributed by atoms with Gasteiger partial charge in [-0.2, -0.15) is 0 Å². The van der Waals surface area contributed by atoms with Crippen LogP contribution >= 0.6 is 0 Å². The highest BCUT2D eigenvalue weighted by Crippen LogP contribution is 2.18. The number of benzene rings is 1. The number of amides is 2. The number of nitrogens with one attached hydrogen (secondary N) is 1. The largest absolute Gasteiger partial charge is 0.493 e. The molecular formula is C18H26N2O3. The summed E-state index contributed by atoms with van der Waals surface area (Å²) in [6.45, 7) is 5.61. The van der Waals surface area contributed by atoms with Crippen LogP contribution in [-0.2, 0) is 9.59 Å². The highest BCUT2D eigenvalue weighted by Gasteiger charge is 2.27. The summed E-state index contributed by atoms with van der Waals surface area (Å²) >= 11 is 0. The molecule has 1 heterocycles. The third-order valence-electron chi connectivity index (χ3n) is 3.98. The van der Waals surface area contributed by atoms with Gasteiger partial charge in [0.05, 0.1) is 13.0 Å². The van der Waals surface area contributed by atoms with Gasteiger partial charge in [0.2, 0.25) is 11.8 Å². The van der Waals surface area contributed by atoms with Gasteiger partial charge in [-0.15, -0.1) is 0 Å². The number of rotatable bonds is 6. The van der Waals surface area contributed by atoms with E-state index in [1.54, 1.807) is 0 Å². The zero-order chi connectivity index (χ0) is 16.7. The van der Waals surface area contributed by atoms with E-state index in [0.29, 0.717) is 26.1 Å². The first kappa shape index (κ1) is 17.3. The lowest BCUT2D eigenvalue weighted by Crippen LogP contribution is -2.44. The molecule has 0 unspecified atom stereocenters. The van der Waals surface area contributed by atoms with E-state index in [9.17, 15) is 9.59 Å². The number of ether oxygens (including phenoxy) is 1. The minimum Gasteiger partial charge on any atom is -0.493 e. The zero-order valence-electron chi connectivity index (χ0n) is 14.0. The Hall–Kier alpha value is -2.04. The summed E-state index contributed by atoms with van der Waals surface area (Å²) in [4.78, 5) is 26.0.